The molecule has 0 unspecified atom stereocenters. The van der Waals surface area contributed by atoms with Crippen LogP contribution < -0.4 is 15.4 Å². The second-order valence-corrected chi connectivity index (χ2v) is 10.0. The van der Waals surface area contributed by atoms with Gasteiger partial charge in [0.1, 0.15) is 17.3 Å². The van der Waals surface area contributed by atoms with Gasteiger partial charge < -0.3 is 15.2 Å². The van der Waals surface area contributed by atoms with Gasteiger partial charge in [0.15, 0.2) is 5.78 Å². The minimum absolute atomic E-state index is 0.0491. The monoisotopic (exact) mass is 425 g/mol. The summed E-state index contributed by atoms with van der Waals surface area (Å²) in [5, 5.41) is 17.5. The van der Waals surface area contributed by atoms with Gasteiger partial charge in [-0.2, -0.15) is 0 Å². The Balaban J connectivity index is 1.54. The highest BCUT2D eigenvalue weighted by atomic mass is 16.5. The average molecular weight is 425 g/mol. The quantitative estimate of drug-likeness (QED) is 0.626. The van der Waals surface area contributed by atoms with Crippen molar-refractivity contribution in [1.82, 2.24) is 15.5 Å². The number of piperidine rings is 1. The van der Waals surface area contributed by atoms with Crippen molar-refractivity contribution < 1.29 is 24.2 Å². The van der Waals surface area contributed by atoms with E-state index in [-0.39, 0.29) is 24.5 Å². The standard InChI is InChI=1S/C23H27N3O5/c1-31-14-4-5-15-16(10-14)21-8-9-26(11-13-2-3-13)18(17(15)27)23(21,30)7-6-22(12-21)19(28)24-20(29)25-22/h4-5,10,13,18,30H,2-3,6-9,11-12H2,1H3,(H2,24,25,28,29)/t18-,21-,22+,23-/m1/s1. The maximum atomic E-state index is 13.7. The summed E-state index contributed by atoms with van der Waals surface area (Å²) in [7, 11) is 1.57. The van der Waals surface area contributed by atoms with Crippen LogP contribution in [0.3, 0.4) is 0 Å². The molecule has 31 heavy (non-hydrogen) atoms. The molecule has 2 saturated carbocycles. The molecule has 4 fully saturated rings. The first kappa shape index (κ1) is 19.3. The second-order valence-electron chi connectivity index (χ2n) is 10.0. The fourth-order valence-corrected chi connectivity index (χ4v) is 6.78. The Bertz CT molecular complexity index is 1020. The van der Waals surface area contributed by atoms with Gasteiger partial charge >= 0.3 is 6.03 Å². The van der Waals surface area contributed by atoms with Crippen LogP contribution in [0.15, 0.2) is 18.2 Å². The summed E-state index contributed by atoms with van der Waals surface area (Å²) in [6.45, 7) is 1.50. The lowest BCUT2D eigenvalue weighted by molar-refractivity contribution is -0.167. The van der Waals surface area contributed by atoms with Gasteiger partial charge in [0.05, 0.1) is 12.7 Å². The predicted molar refractivity (Wildman–Crippen MR) is 110 cm³/mol. The summed E-state index contributed by atoms with van der Waals surface area (Å²) in [5.74, 6) is 0.817. The molecule has 0 radical (unpaired) electrons. The zero-order valence-electron chi connectivity index (χ0n) is 17.6. The van der Waals surface area contributed by atoms with Crippen molar-refractivity contribution in [3.8, 4) is 5.75 Å². The van der Waals surface area contributed by atoms with Gasteiger partial charge in [0.2, 0.25) is 0 Å². The molecule has 1 aromatic rings. The number of carbonyl (C=O) groups excluding carboxylic acids is 3. The number of nitrogens with one attached hydrogen (secondary N) is 2. The highest BCUT2D eigenvalue weighted by Gasteiger charge is 2.71. The van der Waals surface area contributed by atoms with E-state index in [9.17, 15) is 19.5 Å². The fourth-order valence-electron chi connectivity index (χ4n) is 6.78. The number of aliphatic hydroxyl groups is 1. The Hall–Kier alpha value is -2.45. The van der Waals surface area contributed by atoms with Gasteiger partial charge in [0.25, 0.3) is 5.91 Å². The fraction of sp³-hybridized carbons (Fsp3) is 0.609. The van der Waals surface area contributed by atoms with Crippen molar-refractivity contribution in [1.29, 1.82) is 0 Å². The Morgan fingerprint density at radius 1 is 1.19 bits per heavy atom. The number of carbonyl (C=O) groups is 3. The molecule has 2 heterocycles. The van der Waals surface area contributed by atoms with E-state index in [1.165, 1.54) is 12.8 Å². The molecule has 0 aromatic heterocycles. The zero-order chi connectivity index (χ0) is 21.6. The number of fused-ring (bicyclic) bond motifs is 1. The Kier molecular flexibility index (Phi) is 3.77. The van der Waals surface area contributed by atoms with E-state index < -0.39 is 28.6 Å². The normalized spacial score (nSPS) is 39.0. The Morgan fingerprint density at radius 2 is 2.00 bits per heavy atom. The molecule has 8 heteroatoms. The van der Waals surface area contributed by atoms with Gasteiger partial charge in [0, 0.05) is 17.5 Å². The van der Waals surface area contributed by atoms with Gasteiger partial charge in [-0.25, -0.2) is 4.79 Å². The minimum atomic E-state index is -1.30. The average Bonchev–Trinajstić information content (AvgIpc) is 3.51. The number of likely N-dealkylation sites (tertiary alicyclic amines) is 1. The third-order valence-corrected chi connectivity index (χ3v) is 8.47. The van der Waals surface area contributed by atoms with E-state index in [1.54, 1.807) is 19.2 Å². The van der Waals surface area contributed by atoms with Crippen molar-refractivity contribution in [2.24, 2.45) is 5.92 Å². The molecule has 2 saturated heterocycles. The summed E-state index contributed by atoms with van der Waals surface area (Å²) in [6.07, 6.45) is 3.81. The van der Waals surface area contributed by atoms with E-state index in [0.29, 0.717) is 36.6 Å². The zero-order valence-corrected chi connectivity index (χ0v) is 17.6. The van der Waals surface area contributed by atoms with E-state index >= 15 is 0 Å². The lowest BCUT2D eigenvalue weighted by Gasteiger charge is -2.65. The number of rotatable bonds is 3. The Morgan fingerprint density at radius 3 is 2.68 bits per heavy atom. The SMILES string of the molecule is COc1ccc2c(c1)[C@]13CCN(CC4CC4)[C@H](C2=O)[C@]1(O)CC[C@@]1(C3)NC(=O)NC1=O. The maximum Gasteiger partial charge on any atom is 0.322 e. The predicted octanol–water partition coefficient (Wildman–Crippen LogP) is 1.11. The second kappa shape index (κ2) is 6.07. The number of Topliss-reactive ketones (excluding diaryl/α,β-unsaturated/α-hetero) is 1. The van der Waals surface area contributed by atoms with E-state index in [1.807, 2.05) is 6.07 Å². The molecule has 2 bridgehead atoms. The number of ketones is 1. The number of urea groups is 1. The first-order valence-corrected chi connectivity index (χ1v) is 11.1. The smallest absolute Gasteiger partial charge is 0.322 e. The van der Waals surface area contributed by atoms with E-state index in [4.69, 9.17) is 4.74 Å². The van der Waals surface area contributed by atoms with Crippen LogP contribution in [0, 0.1) is 5.92 Å². The highest BCUT2D eigenvalue weighted by Crippen LogP contribution is 2.61. The number of hydrogen-bond acceptors (Lipinski definition) is 6. The molecular weight excluding hydrogens is 398 g/mol. The van der Waals surface area contributed by atoms with Crippen molar-refractivity contribution >= 4 is 17.7 Å². The molecule has 164 valence electrons. The molecule has 1 spiro atoms. The number of hydrogen-bond donors (Lipinski definition) is 3. The summed E-state index contributed by atoms with van der Waals surface area (Å²) in [5.41, 5.74) is -1.83. The van der Waals surface area contributed by atoms with Crippen LogP contribution in [0.5, 0.6) is 5.75 Å². The summed E-state index contributed by atoms with van der Waals surface area (Å²) in [4.78, 5) is 40.8. The third-order valence-electron chi connectivity index (χ3n) is 8.47. The van der Waals surface area contributed by atoms with E-state index in [0.717, 1.165) is 12.1 Å². The maximum absolute atomic E-state index is 13.7. The number of ether oxygens (including phenoxy) is 1. The summed E-state index contributed by atoms with van der Waals surface area (Å²) in [6, 6.07) is 4.30. The van der Waals surface area contributed by atoms with Gasteiger partial charge in [-0.15, -0.1) is 0 Å². The minimum Gasteiger partial charge on any atom is -0.497 e. The molecule has 3 N–H and O–H groups in total. The molecule has 8 nitrogen and oxygen atoms in total. The van der Waals surface area contributed by atoms with Crippen LogP contribution in [0.25, 0.3) is 0 Å². The summed E-state index contributed by atoms with van der Waals surface area (Å²) >= 11 is 0. The van der Waals surface area contributed by atoms with Gasteiger partial charge in [-0.05, 0) is 74.8 Å². The molecule has 1 aromatic carbocycles. The topological polar surface area (TPSA) is 108 Å². The van der Waals surface area contributed by atoms with Crippen LogP contribution in [0.4, 0.5) is 4.79 Å². The highest BCUT2D eigenvalue weighted by molar-refractivity contribution is 6.08. The summed E-state index contributed by atoms with van der Waals surface area (Å²) < 4.78 is 5.45. The number of nitrogens with zero attached hydrogens (tertiary/aromatic N) is 1. The van der Waals surface area contributed by atoms with Gasteiger partial charge in [-0.3, -0.25) is 19.8 Å². The number of methoxy groups -OCH3 is 1. The van der Waals surface area contributed by atoms with Crippen molar-refractivity contribution in [2.45, 2.75) is 61.1 Å². The number of amides is 3. The van der Waals surface area contributed by atoms with Crippen LogP contribution in [-0.4, -0.2) is 65.1 Å². The van der Waals surface area contributed by atoms with Crippen molar-refractivity contribution in [2.75, 3.05) is 20.2 Å². The number of benzene rings is 1. The molecule has 5 aliphatic rings. The lowest BCUT2D eigenvalue weighted by atomic mass is 9.46. The van der Waals surface area contributed by atoms with Crippen LogP contribution in [0.1, 0.15) is 54.4 Å². The third kappa shape index (κ3) is 2.40. The first-order valence-electron chi connectivity index (χ1n) is 11.1. The van der Waals surface area contributed by atoms with Crippen LogP contribution in [0.2, 0.25) is 0 Å². The first-order chi connectivity index (χ1) is 14.8. The van der Waals surface area contributed by atoms with Gasteiger partial charge in [-0.1, -0.05) is 0 Å². The lowest BCUT2D eigenvalue weighted by Crippen LogP contribution is -2.77. The molecule has 2 aliphatic heterocycles. The van der Waals surface area contributed by atoms with Crippen LogP contribution >= 0.6 is 0 Å². The largest absolute Gasteiger partial charge is 0.497 e. The van der Waals surface area contributed by atoms with Crippen molar-refractivity contribution in [3.05, 3.63) is 29.3 Å². The molecule has 3 aliphatic carbocycles. The number of imide groups is 1. The van der Waals surface area contributed by atoms with E-state index in [2.05, 4.69) is 15.5 Å². The molecule has 4 atom stereocenters. The Labute approximate surface area is 180 Å². The van der Waals surface area contributed by atoms with Crippen LogP contribution in [-0.2, 0) is 10.2 Å². The molecule has 6 rings (SSSR count). The van der Waals surface area contributed by atoms with Crippen molar-refractivity contribution in [3.63, 3.8) is 0 Å². The molecule has 3 amide bonds. The molecular formula is C23H27N3O5.